The summed E-state index contributed by atoms with van der Waals surface area (Å²) in [7, 11) is -2.11. The summed E-state index contributed by atoms with van der Waals surface area (Å²) >= 11 is 0. The highest BCUT2D eigenvalue weighted by Gasteiger charge is 2.36. The van der Waals surface area contributed by atoms with Crippen LogP contribution in [0.2, 0.25) is 0 Å². The van der Waals surface area contributed by atoms with Gasteiger partial charge in [-0.15, -0.1) is 0 Å². The quantitative estimate of drug-likeness (QED) is 0.782. The summed E-state index contributed by atoms with van der Waals surface area (Å²) in [5, 5.41) is 2.61. The first-order chi connectivity index (χ1) is 10.3. The lowest BCUT2D eigenvalue weighted by molar-refractivity contribution is -0.116. The van der Waals surface area contributed by atoms with Crippen LogP contribution >= 0.6 is 0 Å². The van der Waals surface area contributed by atoms with Crippen LogP contribution in [-0.4, -0.2) is 50.6 Å². The van der Waals surface area contributed by atoms with Gasteiger partial charge in [-0.2, -0.15) is 4.31 Å². The molecule has 0 atom stereocenters. The van der Waals surface area contributed by atoms with Crippen LogP contribution in [0.3, 0.4) is 0 Å². The predicted molar refractivity (Wildman–Crippen MR) is 81.0 cm³/mol. The zero-order valence-electron chi connectivity index (χ0n) is 12.4. The number of carbonyl (C=O) groups is 2. The fraction of sp³-hybridized carbons (Fsp3) is 0.429. The third-order valence-corrected chi connectivity index (χ3v) is 4.55. The van der Waals surface area contributed by atoms with Gasteiger partial charge in [0.2, 0.25) is 15.9 Å². The van der Waals surface area contributed by atoms with E-state index < -0.39 is 21.9 Å². The molecule has 1 aromatic rings. The summed E-state index contributed by atoms with van der Waals surface area (Å²) in [6.45, 7) is -0.206. The molecule has 0 aromatic heterocycles. The molecular weight excluding hydrogens is 308 g/mol. The van der Waals surface area contributed by atoms with E-state index in [1.165, 1.54) is 23.5 Å². The van der Waals surface area contributed by atoms with Crippen LogP contribution in [0.4, 0.5) is 5.69 Å². The highest BCUT2D eigenvalue weighted by molar-refractivity contribution is 7.88. The number of hydrogen-bond acceptors (Lipinski definition) is 5. The third-order valence-electron chi connectivity index (χ3n) is 3.27. The summed E-state index contributed by atoms with van der Waals surface area (Å²) in [5.41, 5.74) is 0.859. The van der Waals surface area contributed by atoms with Crippen molar-refractivity contribution in [2.45, 2.75) is 18.9 Å². The molecule has 22 heavy (non-hydrogen) atoms. The molecule has 1 amide bonds. The average molecular weight is 326 g/mol. The minimum Gasteiger partial charge on any atom is -0.465 e. The van der Waals surface area contributed by atoms with Crippen molar-refractivity contribution >= 4 is 27.6 Å². The van der Waals surface area contributed by atoms with E-state index in [0.29, 0.717) is 11.3 Å². The van der Waals surface area contributed by atoms with Crippen LogP contribution in [0.5, 0.6) is 0 Å². The lowest BCUT2D eigenvalue weighted by atomic mass is 10.2. The Hall–Kier alpha value is -1.93. The molecule has 0 aliphatic heterocycles. The number of methoxy groups -OCH3 is 1. The molecule has 8 heteroatoms. The van der Waals surface area contributed by atoms with Crippen molar-refractivity contribution in [3.63, 3.8) is 0 Å². The maximum absolute atomic E-state index is 12.0. The highest BCUT2D eigenvalue weighted by atomic mass is 32.2. The Balaban J connectivity index is 1.98. The van der Waals surface area contributed by atoms with Crippen molar-refractivity contribution in [2.75, 3.05) is 25.2 Å². The number of esters is 1. The smallest absolute Gasteiger partial charge is 0.337 e. The first-order valence-corrected chi connectivity index (χ1v) is 8.61. The van der Waals surface area contributed by atoms with Gasteiger partial charge in [0.1, 0.15) is 0 Å². The van der Waals surface area contributed by atoms with Crippen molar-refractivity contribution in [2.24, 2.45) is 0 Å². The second kappa shape index (κ2) is 6.45. The third kappa shape index (κ3) is 4.28. The van der Waals surface area contributed by atoms with E-state index in [1.54, 1.807) is 12.1 Å². The van der Waals surface area contributed by atoms with Gasteiger partial charge < -0.3 is 10.1 Å². The number of ether oxygens (including phenoxy) is 1. The number of carbonyl (C=O) groups excluding carboxylic acids is 2. The summed E-state index contributed by atoms with van der Waals surface area (Å²) in [4.78, 5) is 23.3. The summed E-state index contributed by atoms with van der Waals surface area (Å²) in [6, 6.07) is 6.10. The van der Waals surface area contributed by atoms with E-state index in [1.807, 2.05) is 0 Å². The molecule has 0 radical (unpaired) electrons. The molecule has 1 aromatic carbocycles. The number of rotatable bonds is 6. The molecule has 0 spiro atoms. The molecule has 0 unspecified atom stereocenters. The van der Waals surface area contributed by atoms with E-state index in [-0.39, 0.29) is 12.6 Å². The molecule has 0 saturated heterocycles. The Labute approximate surface area is 129 Å². The van der Waals surface area contributed by atoms with Crippen LogP contribution in [0, 0.1) is 0 Å². The van der Waals surface area contributed by atoms with Gasteiger partial charge in [0.25, 0.3) is 0 Å². The highest BCUT2D eigenvalue weighted by Crippen LogP contribution is 2.28. The molecule has 7 nitrogen and oxygen atoms in total. The van der Waals surface area contributed by atoms with Crippen molar-refractivity contribution < 1.29 is 22.7 Å². The largest absolute Gasteiger partial charge is 0.465 e. The topological polar surface area (TPSA) is 92.8 Å². The fourth-order valence-electron chi connectivity index (χ4n) is 2.03. The van der Waals surface area contributed by atoms with Gasteiger partial charge in [0.05, 0.1) is 25.5 Å². The van der Waals surface area contributed by atoms with Gasteiger partial charge in [-0.1, -0.05) is 0 Å². The van der Waals surface area contributed by atoms with Crippen LogP contribution in [-0.2, 0) is 19.6 Å². The number of sulfonamides is 1. The molecule has 0 heterocycles. The van der Waals surface area contributed by atoms with E-state index in [0.717, 1.165) is 19.1 Å². The Bertz CT molecular complexity index is 665. The van der Waals surface area contributed by atoms with Crippen molar-refractivity contribution in [3.05, 3.63) is 29.8 Å². The molecule has 1 aliphatic carbocycles. The van der Waals surface area contributed by atoms with Gasteiger partial charge in [-0.05, 0) is 37.1 Å². The fourth-order valence-corrected chi connectivity index (χ4v) is 3.13. The Morgan fingerprint density at radius 3 is 2.32 bits per heavy atom. The van der Waals surface area contributed by atoms with E-state index in [4.69, 9.17) is 0 Å². The van der Waals surface area contributed by atoms with Crippen LogP contribution in [0.15, 0.2) is 24.3 Å². The molecule has 0 bridgehead atoms. The molecule has 1 fully saturated rings. The van der Waals surface area contributed by atoms with Crippen LogP contribution in [0.1, 0.15) is 23.2 Å². The SMILES string of the molecule is COC(=O)c1ccc(NC(=O)CN(C2CC2)S(C)(=O)=O)cc1. The normalized spacial score (nSPS) is 14.7. The zero-order chi connectivity index (χ0) is 16.3. The first-order valence-electron chi connectivity index (χ1n) is 6.76. The molecule has 1 saturated carbocycles. The Morgan fingerprint density at radius 2 is 1.86 bits per heavy atom. The van der Waals surface area contributed by atoms with Crippen molar-refractivity contribution in [1.29, 1.82) is 0 Å². The van der Waals surface area contributed by atoms with Gasteiger partial charge in [-0.25, -0.2) is 13.2 Å². The van der Waals surface area contributed by atoms with Gasteiger partial charge in [-0.3, -0.25) is 4.79 Å². The van der Waals surface area contributed by atoms with Crippen LogP contribution < -0.4 is 5.32 Å². The lowest BCUT2D eigenvalue weighted by Crippen LogP contribution is -2.38. The summed E-state index contributed by atoms with van der Waals surface area (Å²) in [5.74, 6) is -0.877. The van der Waals surface area contributed by atoms with E-state index in [2.05, 4.69) is 10.1 Å². The summed E-state index contributed by atoms with van der Waals surface area (Å²) < 4.78 is 29.1. The molecule has 1 aliphatic rings. The maximum atomic E-state index is 12.0. The molecule has 120 valence electrons. The Kier molecular flexibility index (Phi) is 4.82. The average Bonchev–Trinajstić information content (AvgIpc) is 3.28. The van der Waals surface area contributed by atoms with Gasteiger partial charge >= 0.3 is 5.97 Å². The lowest BCUT2D eigenvalue weighted by Gasteiger charge is -2.18. The number of nitrogens with zero attached hydrogens (tertiary/aromatic N) is 1. The number of hydrogen-bond donors (Lipinski definition) is 1. The number of benzene rings is 1. The van der Waals surface area contributed by atoms with Gasteiger partial charge in [0, 0.05) is 11.7 Å². The molecular formula is C14H18N2O5S. The van der Waals surface area contributed by atoms with Gasteiger partial charge in [0.15, 0.2) is 0 Å². The maximum Gasteiger partial charge on any atom is 0.337 e. The second-order valence-corrected chi connectivity index (χ2v) is 7.09. The molecule has 2 rings (SSSR count). The predicted octanol–water partition coefficient (Wildman–Crippen LogP) is 0.836. The van der Waals surface area contributed by atoms with Crippen LogP contribution in [0.25, 0.3) is 0 Å². The standard InChI is InChI=1S/C14H18N2O5S/c1-21-14(18)10-3-5-11(6-4-10)15-13(17)9-16(12-7-8-12)22(2,19)20/h3-6,12H,7-9H2,1-2H3,(H,15,17). The monoisotopic (exact) mass is 326 g/mol. The van der Waals surface area contributed by atoms with Crippen molar-refractivity contribution in [1.82, 2.24) is 4.31 Å². The minimum absolute atomic E-state index is 0.0672. The van der Waals surface area contributed by atoms with Crippen molar-refractivity contribution in [3.8, 4) is 0 Å². The number of amides is 1. The summed E-state index contributed by atoms with van der Waals surface area (Å²) in [6.07, 6.45) is 2.67. The number of anilines is 1. The first kappa shape index (κ1) is 16.4. The Morgan fingerprint density at radius 1 is 1.27 bits per heavy atom. The molecule has 1 N–H and O–H groups in total. The van der Waals surface area contributed by atoms with E-state index in [9.17, 15) is 18.0 Å². The second-order valence-electron chi connectivity index (χ2n) is 5.16. The van der Waals surface area contributed by atoms with E-state index >= 15 is 0 Å². The number of nitrogens with one attached hydrogen (secondary N) is 1. The zero-order valence-corrected chi connectivity index (χ0v) is 13.2. The minimum atomic E-state index is -3.40.